The lowest BCUT2D eigenvalue weighted by Crippen LogP contribution is -2.30. The van der Waals surface area contributed by atoms with Crippen LogP contribution in [0.15, 0.2) is 6.20 Å². The topological polar surface area (TPSA) is 39.1 Å². The van der Waals surface area contributed by atoms with Gasteiger partial charge < -0.3 is 10.1 Å². The third-order valence-corrected chi connectivity index (χ3v) is 5.10. The number of halogens is 1. The molecule has 4 nitrogen and oxygen atoms in total. The SMILES string of the molecule is CCNC(c1c(Cl)cnn1CCOC)C1CC2CC2C1. The van der Waals surface area contributed by atoms with Crippen molar-refractivity contribution < 1.29 is 4.74 Å². The number of methoxy groups -OCH3 is 1. The molecule has 20 heavy (non-hydrogen) atoms. The van der Waals surface area contributed by atoms with Gasteiger partial charge in [-0.05, 0) is 43.6 Å². The van der Waals surface area contributed by atoms with E-state index in [1.807, 2.05) is 4.68 Å². The predicted molar refractivity (Wildman–Crippen MR) is 79.9 cm³/mol. The summed E-state index contributed by atoms with van der Waals surface area (Å²) in [5.74, 6) is 2.67. The van der Waals surface area contributed by atoms with Crippen LogP contribution in [0.25, 0.3) is 0 Å². The molecule has 5 heteroatoms. The van der Waals surface area contributed by atoms with Crippen LogP contribution in [0.5, 0.6) is 0 Å². The fourth-order valence-electron chi connectivity index (χ4n) is 3.78. The summed E-state index contributed by atoms with van der Waals surface area (Å²) in [7, 11) is 1.72. The summed E-state index contributed by atoms with van der Waals surface area (Å²) < 4.78 is 7.19. The standard InChI is InChI=1S/C15H24ClN3O/c1-3-17-14(12-7-10-6-11(10)8-12)15-13(16)9-18-19(15)4-5-20-2/h9-12,14,17H,3-8H2,1-2H3. The van der Waals surface area contributed by atoms with Crippen LogP contribution in [0, 0.1) is 17.8 Å². The molecule has 2 saturated carbocycles. The second-order valence-corrected chi connectivity index (χ2v) is 6.52. The van der Waals surface area contributed by atoms with Crippen LogP contribution in [0.3, 0.4) is 0 Å². The zero-order chi connectivity index (χ0) is 14.1. The molecule has 0 aliphatic heterocycles. The zero-order valence-electron chi connectivity index (χ0n) is 12.3. The minimum absolute atomic E-state index is 0.333. The van der Waals surface area contributed by atoms with E-state index in [9.17, 15) is 0 Å². The van der Waals surface area contributed by atoms with Crippen molar-refractivity contribution in [1.82, 2.24) is 15.1 Å². The third kappa shape index (κ3) is 2.74. The highest BCUT2D eigenvalue weighted by molar-refractivity contribution is 6.31. The van der Waals surface area contributed by atoms with Crippen molar-refractivity contribution in [2.45, 2.75) is 38.8 Å². The van der Waals surface area contributed by atoms with E-state index >= 15 is 0 Å². The summed E-state index contributed by atoms with van der Waals surface area (Å²) >= 11 is 6.42. The van der Waals surface area contributed by atoms with Crippen molar-refractivity contribution in [2.24, 2.45) is 17.8 Å². The maximum atomic E-state index is 6.42. The Kier molecular flexibility index (Phi) is 4.34. The van der Waals surface area contributed by atoms with Crippen molar-refractivity contribution in [3.05, 3.63) is 16.9 Å². The Labute approximate surface area is 125 Å². The monoisotopic (exact) mass is 297 g/mol. The molecule has 0 spiro atoms. The molecule has 112 valence electrons. The van der Waals surface area contributed by atoms with Crippen molar-refractivity contribution in [3.63, 3.8) is 0 Å². The summed E-state index contributed by atoms with van der Waals surface area (Å²) in [6.45, 7) is 4.55. The Hall–Kier alpha value is -0.580. The molecule has 3 rings (SSSR count). The fraction of sp³-hybridized carbons (Fsp3) is 0.800. The maximum absolute atomic E-state index is 6.42. The number of nitrogens with one attached hydrogen (secondary N) is 1. The van der Waals surface area contributed by atoms with E-state index in [2.05, 4.69) is 17.3 Å². The minimum atomic E-state index is 0.333. The quantitative estimate of drug-likeness (QED) is 0.841. The Balaban J connectivity index is 1.80. The van der Waals surface area contributed by atoms with E-state index in [-0.39, 0.29) is 0 Å². The van der Waals surface area contributed by atoms with E-state index in [1.54, 1.807) is 13.3 Å². The normalized spacial score (nSPS) is 29.4. The second kappa shape index (κ2) is 6.04. The van der Waals surface area contributed by atoms with E-state index in [0.717, 1.165) is 35.6 Å². The summed E-state index contributed by atoms with van der Waals surface area (Å²) in [4.78, 5) is 0. The predicted octanol–water partition coefficient (Wildman–Crippen LogP) is 2.88. The van der Waals surface area contributed by atoms with Crippen LogP contribution in [0.4, 0.5) is 0 Å². The first kappa shape index (κ1) is 14.4. The first-order chi connectivity index (χ1) is 9.74. The number of ether oxygens (including phenoxy) is 1. The van der Waals surface area contributed by atoms with Gasteiger partial charge in [-0.2, -0.15) is 5.10 Å². The maximum Gasteiger partial charge on any atom is 0.0834 e. The van der Waals surface area contributed by atoms with Crippen molar-refractivity contribution >= 4 is 11.6 Å². The van der Waals surface area contributed by atoms with Gasteiger partial charge in [0.05, 0.1) is 36.1 Å². The van der Waals surface area contributed by atoms with Gasteiger partial charge in [0.2, 0.25) is 0 Å². The van der Waals surface area contributed by atoms with E-state index in [0.29, 0.717) is 18.6 Å². The molecule has 3 unspecified atom stereocenters. The van der Waals surface area contributed by atoms with Crippen molar-refractivity contribution in [1.29, 1.82) is 0 Å². The molecule has 0 radical (unpaired) electrons. The minimum Gasteiger partial charge on any atom is -0.383 e. The van der Waals surface area contributed by atoms with Crippen LogP contribution >= 0.6 is 11.6 Å². The lowest BCUT2D eigenvalue weighted by Gasteiger charge is -2.27. The average Bonchev–Trinajstić information content (AvgIpc) is 2.89. The van der Waals surface area contributed by atoms with Gasteiger partial charge in [-0.25, -0.2) is 0 Å². The fourth-order valence-corrected chi connectivity index (χ4v) is 4.04. The molecule has 3 atom stereocenters. The average molecular weight is 298 g/mol. The van der Waals surface area contributed by atoms with Crippen LogP contribution < -0.4 is 5.32 Å². The molecule has 2 fully saturated rings. The Morgan fingerprint density at radius 3 is 2.85 bits per heavy atom. The first-order valence-corrected chi connectivity index (χ1v) is 8.05. The Morgan fingerprint density at radius 1 is 1.45 bits per heavy atom. The number of fused-ring (bicyclic) bond motifs is 1. The molecule has 0 saturated heterocycles. The smallest absolute Gasteiger partial charge is 0.0834 e. The highest BCUT2D eigenvalue weighted by Gasteiger charge is 2.48. The lowest BCUT2D eigenvalue weighted by molar-refractivity contribution is 0.180. The van der Waals surface area contributed by atoms with E-state index < -0.39 is 0 Å². The second-order valence-electron chi connectivity index (χ2n) is 6.12. The summed E-state index contributed by atoms with van der Waals surface area (Å²) in [5.41, 5.74) is 1.15. The summed E-state index contributed by atoms with van der Waals surface area (Å²) in [6, 6.07) is 0.333. The van der Waals surface area contributed by atoms with Crippen LogP contribution in [-0.4, -0.2) is 30.0 Å². The number of aromatic nitrogens is 2. The van der Waals surface area contributed by atoms with Gasteiger partial charge in [-0.15, -0.1) is 0 Å². The molecule has 2 aliphatic rings. The molecule has 0 aromatic carbocycles. The number of rotatable bonds is 7. The van der Waals surface area contributed by atoms with Gasteiger partial charge in [0.25, 0.3) is 0 Å². The largest absolute Gasteiger partial charge is 0.383 e. The van der Waals surface area contributed by atoms with Crippen LogP contribution in [-0.2, 0) is 11.3 Å². The van der Waals surface area contributed by atoms with Gasteiger partial charge in [-0.3, -0.25) is 4.68 Å². The lowest BCUT2D eigenvalue weighted by atomic mass is 9.92. The molecule has 1 N–H and O–H groups in total. The number of hydrogen-bond acceptors (Lipinski definition) is 3. The van der Waals surface area contributed by atoms with Gasteiger partial charge in [-0.1, -0.05) is 18.5 Å². The Bertz CT molecular complexity index is 452. The van der Waals surface area contributed by atoms with Crippen LogP contribution in [0.2, 0.25) is 5.02 Å². The number of nitrogens with zero attached hydrogens (tertiary/aromatic N) is 2. The highest BCUT2D eigenvalue weighted by atomic mass is 35.5. The molecule has 0 bridgehead atoms. The molecule has 2 aliphatic carbocycles. The van der Waals surface area contributed by atoms with Crippen molar-refractivity contribution in [3.8, 4) is 0 Å². The third-order valence-electron chi connectivity index (χ3n) is 4.81. The van der Waals surface area contributed by atoms with Crippen molar-refractivity contribution in [2.75, 3.05) is 20.3 Å². The molecule has 1 aromatic heterocycles. The molecule has 1 heterocycles. The van der Waals surface area contributed by atoms with Gasteiger partial charge in [0, 0.05) is 7.11 Å². The molecule has 0 amide bonds. The van der Waals surface area contributed by atoms with Gasteiger partial charge in [0.15, 0.2) is 0 Å². The molecular formula is C15H24ClN3O. The number of hydrogen-bond donors (Lipinski definition) is 1. The highest BCUT2D eigenvalue weighted by Crippen LogP contribution is 2.57. The Morgan fingerprint density at radius 2 is 2.20 bits per heavy atom. The zero-order valence-corrected chi connectivity index (χ0v) is 13.1. The molecule has 1 aromatic rings. The van der Waals surface area contributed by atoms with E-state index in [1.165, 1.54) is 19.3 Å². The van der Waals surface area contributed by atoms with Gasteiger partial charge in [0.1, 0.15) is 0 Å². The van der Waals surface area contributed by atoms with E-state index in [4.69, 9.17) is 16.3 Å². The molecular weight excluding hydrogens is 274 g/mol. The summed E-state index contributed by atoms with van der Waals surface area (Å²) in [5, 5.41) is 8.85. The van der Waals surface area contributed by atoms with Gasteiger partial charge >= 0.3 is 0 Å². The first-order valence-electron chi connectivity index (χ1n) is 7.68. The van der Waals surface area contributed by atoms with Crippen LogP contribution in [0.1, 0.15) is 37.9 Å². The summed E-state index contributed by atoms with van der Waals surface area (Å²) in [6.07, 6.45) is 5.90.